The van der Waals surface area contributed by atoms with Crippen LogP contribution in [0.25, 0.3) is 0 Å². The van der Waals surface area contributed by atoms with E-state index in [1.165, 1.54) is 0 Å². The van der Waals surface area contributed by atoms with Crippen LogP contribution in [0.4, 0.5) is 0 Å². The van der Waals surface area contributed by atoms with Gasteiger partial charge < -0.3 is 4.74 Å². The molecule has 0 aliphatic rings. The van der Waals surface area contributed by atoms with Gasteiger partial charge in [-0.15, -0.1) is 0 Å². The summed E-state index contributed by atoms with van der Waals surface area (Å²) in [4.78, 5) is 0. The van der Waals surface area contributed by atoms with Crippen molar-refractivity contribution in [1.82, 2.24) is 0 Å². The summed E-state index contributed by atoms with van der Waals surface area (Å²) in [6.45, 7) is 7.10. The number of rotatable bonds is 5. The molecule has 0 heterocycles. The van der Waals surface area contributed by atoms with Crippen molar-refractivity contribution >= 4 is 24.3 Å². The molecule has 0 fully saturated rings. The second-order valence-corrected chi connectivity index (χ2v) is 4.41. The van der Waals surface area contributed by atoms with Gasteiger partial charge in [0, 0.05) is 5.02 Å². The molecule has 15 heavy (non-hydrogen) atoms. The summed E-state index contributed by atoms with van der Waals surface area (Å²) in [6.07, 6.45) is 1.07. The first-order chi connectivity index (χ1) is 7.13. The Balaban J connectivity index is 2.52. The Morgan fingerprint density at radius 1 is 1.40 bits per heavy atom. The minimum atomic E-state index is 0.670. The lowest BCUT2D eigenvalue weighted by molar-refractivity contribution is 0.289. The maximum absolute atomic E-state index is 6.06. The number of benzene rings is 1. The van der Waals surface area contributed by atoms with Crippen LogP contribution in [0.3, 0.4) is 0 Å². The highest BCUT2D eigenvalue weighted by molar-refractivity contribution is 6.57. The van der Waals surface area contributed by atoms with Gasteiger partial charge in [0.1, 0.15) is 13.0 Å². The average Bonchev–Trinajstić information content (AvgIpc) is 2.17. The topological polar surface area (TPSA) is 9.23 Å². The van der Waals surface area contributed by atoms with Crippen LogP contribution in [0.5, 0.6) is 5.75 Å². The third kappa shape index (κ3) is 4.17. The third-order valence-electron chi connectivity index (χ3n) is 2.25. The number of hydrogen-bond donors (Lipinski definition) is 0. The van der Waals surface area contributed by atoms with Crippen molar-refractivity contribution in [3.8, 4) is 5.75 Å². The molecule has 81 valence electrons. The zero-order valence-electron chi connectivity index (χ0n) is 9.59. The van der Waals surface area contributed by atoms with Crippen molar-refractivity contribution in [3.05, 3.63) is 23.2 Å². The molecule has 0 bridgehead atoms. The van der Waals surface area contributed by atoms with E-state index in [4.69, 9.17) is 16.3 Å². The molecule has 0 unspecified atom stereocenters. The third-order valence-corrected chi connectivity index (χ3v) is 2.57. The molecule has 1 rings (SSSR count). The van der Waals surface area contributed by atoms with Crippen LogP contribution in [0.1, 0.15) is 20.3 Å². The summed E-state index contributed by atoms with van der Waals surface area (Å²) in [6, 6.07) is 5.81. The summed E-state index contributed by atoms with van der Waals surface area (Å²) >= 11 is 6.06. The molecule has 0 spiro atoms. The lowest BCUT2D eigenvalue weighted by Gasteiger charge is -2.09. The van der Waals surface area contributed by atoms with Crippen molar-refractivity contribution in [2.45, 2.75) is 27.1 Å². The van der Waals surface area contributed by atoms with E-state index >= 15 is 0 Å². The monoisotopic (exact) mass is 223 g/mol. The van der Waals surface area contributed by atoms with Gasteiger partial charge in [-0.2, -0.15) is 0 Å². The molecule has 0 saturated carbocycles. The Kier molecular flexibility index (Phi) is 5.03. The fourth-order valence-corrected chi connectivity index (χ4v) is 1.52. The Morgan fingerprint density at radius 3 is 2.67 bits per heavy atom. The Labute approximate surface area is 98.0 Å². The van der Waals surface area contributed by atoms with Gasteiger partial charge in [0.25, 0.3) is 0 Å². The van der Waals surface area contributed by atoms with Crippen molar-refractivity contribution in [3.63, 3.8) is 0 Å². The maximum atomic E-state index is 6.06. The number of hydrogen-bond acceptors (Lipinski definition) is 1. The van der Waals surface area contributed by atoms with Gasteiger partial charge in [-0.3, -0.25) is 0 Å². The van der Waals surface area contributed by atoms with Crippen LogP contribution in [0.2, 0.25) is 11.8 Å². The first-order valence-corrected chi connectivity index (χ1v) is 5.73. The molecule has 1 radical (unpaired) electrons. The van der Waals surface area contributed by atoms with E-state index < -0.39 is 0 Å². The predicted octanol–water partition coefficient (Wildman–Crippen LogP) is 3.14. The van der Waals surface area contributed by atoms with Gasteiger partial charge in [-0.25, -0.2) is 0 Å². The fraction of sp³-hybridized carbons (Fsp3) is 0.500. The fourth-order valence-electron chi connectivity index (χ4n) is 1.24. The molecule has 1 nitrogen and oxygen atoms in total. The van der Waals surface area contributed by atoms with E-state index in [1.54, 1.807) is 0 Å². The molecule has 0 aromatic heterocycles. The summed E-state index contributed by atoms with van der Waals surface area (Å²) < 4.78 is 5.60. The Bertz CT molecular complexity index is 312. The van der Waals surface area contributed by atoms with Crippen molar-refractivity contribution in [2.24, 2.45) is 5.92 Å². The minimum Gasteiger partial charge on any atom is -0.494 e. The van der Waals surface area contributed by atoms with Gasteiger partial charge >= 0.3 is 0 Å². The lowest BCUT2D eigenvalue weighted by Crippen LogP contribution is -2.12. The second-order valence-electron chi connectivity index (χ2n) is 4.00. The molecular weight excluding hydrogens is 206 g/mol. The van der Waals surface area contributed by atoms with Gasteiger partial charge in [-0.05, 0) is 24.5 Å². The first-order valence-electron chi connectivity index (χ1n) is 5.35. The molecule has 0 atom stereocenters. The van der Waals surface area contributed by atoms with Gasteiger partial charge in [0.05, 0.1) is 6.61 Å². The van der Waals surface area contributed by atoms with Crippen LogP contribution in [-0.4, -0.2) is 13.9 Å². The predicted molar refractivity (Wildman–Crippen MR) is 67.7 cm³/mol. The highest BCUT2D eigenvalue weighted by atomic mass is 35.5. The SMILES string of the molecule is C[B]c1ccc(OCCC(C)C)cc1Cl. The van der Waals surface area contributed by atoms with Crippen molar-refractivity contribution < 1.29 is 4.74 Å². The molecule has 0 amide bonds. The molecule has 0 aliphatic carbocycles. The van der Waals surface area contributed by atoms with Crippen LogP contribution >= 0.6 is 11.6 Å². The highest BCUT2D eigenvalue weighted by Crippen LogP contribution is 2.16. The largest absolute Gasteiger partial charge is 0.494 e. The Morgan fingerprint density at radius 2 is 2.13 bits per heavy atom. The zero-order chi connectivity index (χ0) is 11.3. The standard InChI is InChI=1S/C12H17BClO/c1-9(2)6-7-15-10-4-5-11(13-3)12(14)8-10/h4-5,8-9H,6-7H2,1-3H3. The molecule has 0 N–H and O–H groups in total. The smallest absolute Gasteiger partial charge is 0.150 e. The minimum absolute atomic E-state index is 0.670. The van der Waals surface area contributed by atoms with Gasteiger partial charge in [0.2, 0.25) is 0 Å². The molecule has 1 aromatic carbocycles. The zero-order valence-corrected chi connectivity index (χ0v) is 10.3. The van der Waals surface area contributed by atoms with Gasteiger partial charge in [0.15, 0.2) is 0 Å². The normalized spacial score (nSPS) is 10.5. The quantitative estimate of drug-likeness (QED) is 0.697. The van der Waals surface area contributed by atoms with E-state index in [0.29, 0.717) is 5.92 Å². The molecule has 3 heteroatoms. The summed E-state index contributed by atoms with van der Waals surface area (Å²) in [5, 5.41) is 0.750. The van der Waals surface area contributed by atoms with Crippen LogP contribution in [-0.2, 0) is 0 Å². The molecular formula is C12H17BClO. The highest BCUT2D eigenvalue weighted by Gasteiger charge is 2.01. The van der Waals surface area contributed by atoms with E-state index in [2.05, 4.69) is 13.8 Å². The molecule has 0 aliphatic heterocycles. The summed E-state index contributed by atoms with van der Waals surface area (Å²) in [5.41, 5.74) is 1.05. The summed E-state index contributed by atoms with van der Waals surface area (Å²) in [7, 11) is 1.99. The number of halogens is 1. The van der Waals surface area contributed by atoms with Crippen LogP contribution in [0, 0.1) is 5.92 Å². The molecule has 0 saturated heterocycles. The lowest BCUT2D eigenvalue weighted by atomic mass is 9.73. The van der Waals surface area contributed by atoms with E-state index in [1.807, 2.05) is 32.3 Å². The van der Waals surface area contributed by atoms with E-state index in [0.717, 1.165) is 29.3 Å². The summed E-state index contributed by atoms with van der Waals surface area (Å²) in [5.74, 6) is 1.52. The van der Waals surface area contributed by atoms with E-state index in [-0.39, 0.29) is 0 Å². The first kappa shape index (κ1) is 12.4. The second kappa shape index (κ2) is 6.07. The van der Waals surface area contributed by atoms with Crippen molar-refractivity contribution in [2.75, 3.05) is 6.61 Å². The molecule has 1 aromatic rings. The van der Waals surface area contributed by atoms with Crippen LogP contribution < -0.4 is 10.2 Å². The van der Waals surface area contributed by atoms with Crippen LogP contribution in [0.15, 0.2) is 18.2 Å². The van der Waals surface area contributed by atoms with E-state index in [9.17, 15) is 0 Å². The average molecular weight is 224 g/mol. The Hall–Kier alpha value is -0.625. The maximum Gasteiger partial charge on any atom is 0.150 e. The van der Waals surface area contributed by atoms with Crippen molar-refractivity contribution in [1.29, 1.82) is 0 Å². The number of ether oxygens (including phenoxy) is 1. The van der Waals surface area contributed by atoms with Gasteiger partial charge in [-0.1, -0.05) is 43.8 Å².